The summed E-state index contributed by atoms with van der Waals surface area (Å²) < 4.78 is 40.7. The highest BCUT2D eigenvalue weighted by molar-refractivity contribution is 5.92. The number of aliphatic hydroxyl groups is 11. The molecule has 0 amide bonds. The van der Waals surface area contributed by atoms with E-state index in [2.05, 4.69) is 0 Å². The van der Waals surface area contributed by atoms with E-state index in [0.717, 1.165) is 24.3 Å². The summed E-state index contributed by atoms with van der Waals surface area (Å²) >= 11 is 0. The van der Waals surface area contributed by atoms with E-state index in [1.165, 1.54) is 37.5 Å². The molecule has 3 aliphatic heterocycles. The molecule has 3 fully saturated rings. The van der Waals surface area contributed by atoms with Crippen molar-refractivity contribution in [2.24, 2.45) is 0 Å². The maximum Gasteiger partial charge on any atom is 0.331 e. The van der Waals surface area contributed by atoms with Crippen LogP contribution >= 0.6 is 0 Å². The predicted molar refractivity (Wildman–Crippen MR) is 220 cm³/mol. The van der Waals surface area contributed by atoms with E-state index in [9.17, 15) is 86.2 Å². The lowest BCUT2D eigenvalue weighted by molar-refractivity contribution is -0.279. The first kappa shape index (κ1) is 49.2. The molecular weight excluding hydrogens is 900 g/mol. The van der Waals surface area contributed by atoms with Gasteiger partial charge < -0.3 is 109 Å². The van der Waals surface area contributed by atoms with E-state index in [0.29, 0.717) is 0 Å². The maximum absolute atomic E-state index is 14.4. The minimum atomic E-state index is -2.31. The fourth-order valence-electron chi connectivity index (χ4n) is 8.08. The molecule has 24 nitrogen and oxygen atoms in total. The van der Waals surface area contributed by atoms with Crippen LogP contribution in [0.15, 0.2) is 57.8 Å². The van der Waals surface area contributed by atoms with E-state index < -0.39 is 174 Å². The average Bonchev–Trinajstić information content (AvgIpc) is 3.31. The monoisotopic (exact) mass is 948 g/mol. The van der Waals surface area contributed by atoms with Crippen LogP contribution in [0, 0.1) is 0 Å². The molecule has 3 aliphatic rings. The first-order valence-corrected chi connectivity index (χ1v) is 20.4. The van der Waals surface area contributed by atoms with Crippen LogP contribution < -0.4 is 14.9 Å². The Bertz CT molecular complexity index is 2520. The molecule has 24 heteroatoms. The molecule has 0 spiro atoms. The number of hydrogen-bond acceptors (Lipinski definition) is 24. The molecule has 3 aromatic carbocycles. The number of rotatable bonds is 12. The molecule has 0 radical (unpaired) electrons. The summed E-state index contributed by atoms with van der Waals surface area (Å²) in [5.41, 5.74) is -3.46. The molecule has 1 aromatic heterocycles. The van der Waals surface area contributed by atoms with Gasteiger partial charge in [0.15, 0.2) is 40.1 Å². The summed E-state index contributed by atoms with van der Waals surface area (Å²) in [4.78, 5) is 28.1. The zero-order chi connectivity index (χ0) is 48.8. The second-order valence-electron chi connectivity index (χ2n) is 15.9. The number of benzene rings is 3. The van der Waals surface area contributed by atoms with Gasteiger partial charge in [-0.2, -0.15) is 0 Å². The van der Waals surface area contributed by atoms with Gasteiger partial charge in [0.05, 0.1) is 38.1 Å². The number of esters is 1. The van der Waals surface area contributed by atoms with Crippen LogP contribution in [0.25, 0.3) is 28.4 Å². The Labute approximate surface area is 376 Å². The van der Waals surface area contributed by atoms with Crippen molar-refractivity contribution in [3.05, 3.63) is 75.5 Å². The second kappa shape index (κ2) is 19.9. The van der Waals surface area contributed by atoms with Crippen molar-refractivity contribution >= 4 is 23.0 Å². The largest absolute Gasteiger partial charge is 0.506 e. The third kappa shape index (κ3) is 9.20. The number of phenolic OH excluding ortho intramolecular Hbond substituents is 4. The fourth-order valence-corrected chi connectivity index (χ4v) is 8.08. The van der Waals surface area contributed by atoms with Crippen LogP contribution in [0.3, 0.4) is 0 Å². The molecule has 364 valence electrons. The highest BCUT2D eigenvalue weighted by Gasteiger charge is 2.53. The number of carbonyl (C=O) groups is 1. The van der Waals surface area contributed by atoms with Gasteiger partial charge in [-0.25, -0.2) is 4.79 Å². The van der Waals surface area contributed by atoms with Crippen LogP contribution in [-0.2, 0) is 23.7 Å². The van der Waals surface area contributed by atoms with Crippen molar-refractivity contribution in [1.82, 2.24) is 0 Å². The van der Waals surface area contributed by atoms with Gasteiger partial charge in [-0.05, 0) is 42.0 Å². The molecule has 3 saturated heterocycles. The smallest absolute Gasteiger partial charge is 0.331 e. The molecule has 4 aromatic rings. The van der Waals surface area contributed by atoms with Gasteiger partial charge in [0, 0.05) is 17.7 Å². The Morgan fingerprint density at radius 3 is 1.88 bits per heavy atom. The number of phenols is 4. The molecule has 4 heterocycles. The van der Waals surface area contributed by atoms with Crippen molar-refractivity contribution in [2.45, 2.75) is 91.7 Å². The Hall–Kier alpha value is -5.68. The van der Waals surface area contributed by atoms with Gasteiger partial charge >= 0.3 is 5.97 Å². The number of ether oxygens (including phenoxy) is 6. The lowest BCUT2D eigenvalue weighted by atomic mass is 9.84. The lowest BCUT2D eigenvalue weighted by Crippen LogP contribution is -2.60. The van der Waals surface area contributed by atoms with Crippen molar-refractivity contribution in [1.29, 1.82) is 0 Å². The molecule has 0 unspecified atom stereocenters. The zero-order valence-corrected chi connectivity index (χ0v) is 34.9. The topological polar surface area (TPSA) is 406 Å². The number of carbonyl (C=O) groups excluding carboxylic acids is 1. The summed E-state index contributed by atoms with van der Waals surface area (Å²) in [5, 5.41) is 161. The molecular formula is C43H48O24. The SMILES string of the molecule is COc1cc(/C=C\C(=O)O[C@@H]2[C@@H](O)[C@H](O)[C@@H](CO)O[C@H]2c2c(O[C@@H]3O[C@H](CO)[C@@H](O)[C@H](O)[C@H]3O)c([C@@H]3O[C@H](CO)[C@@H](O)[C@H](O)[C@H]3O)c(O)c3c(=O)cc(-c4ccc(O)c(O)c4)oc23)ccc1O. The average molecular weight is 949 g/mol. The normalized spacial score (nSPS) is 32.3. The fraction of sp³-hybridized carbons (Fsp3) is 0.442. The predicted octanol–water partition coefficient (Wildman–Crippen LogP) is -3.24. The highest BCUT2D eigenvalue weighted by Crippen LogP contribution is 2.53. The van der Waals surface area contributed by atoms with Crippen LogP contribution in [0.1, 0.15) is 28.9 Å². The number of fused-ring (bicyclic) bond motifs is 1. The Kier molecular flexibility index (Phi) is 14.6. The molecule has 15 atom stereocenters. The van der Waals surface area contributed by atoms with E-state index in [-0.39, 0.29) is 22.6 Å². The number of hydrogen-bond donors (Lipinski definition) is 15. The van der Waals surface area contributed by atoms with Gasteiger partial charge in [-0.3, -0.25) is 4.79 Å². The molecule has 67 heavy (non-hydrogen) atoms. The molecule has 0 aliphatic carbocycles. The summed E-state index contributed by atoms with van der Waals surface area (Å²) in [6.45, 7) is -3.11. The zero-order valence-electron chi connectivity index (χ0n) is 34.9. The Morgan fingerprint density at radius 1 is 0.657 bits per heavy atom. The molecule has 0 bridgehead atoms. The van der Waals surface area contributed by atoms with Crippen LogP contribution in [0.5, 0.6) is 34.5 Å². The van der Waals surface area contributed by atoms with Gasteiger partial charge in [-0.1, -0.05) is 6.07 Å². The first-order chi connectivity index (χ1) is 31.8. The standard InChI is InChI=1S/C43H48O24/c1-61-21-8-14(2-5-17(21)48)3-7-25(51)66-42-35(58)31(54)23(12-45)64-41(42)28-38-26(19(50)10-20(62-38)15-4-6-16(47)18(49)9-15)32(55)27(40-36(59)33(56)29(52)22(11-44)63-40)39(28)67-43-37(60)34(57)30(53)24(13-46)65-43/h2-10,22-24,29-31,33-37,40-49,52-60H,11-13H2,1H3/b7-3-/t22-,23-,24-,29-,30-,31-,33+,34+,35+,36-,37-,40+,41+,42-,43+/m1/s1. The third-order valence-corrected chi connectivity index (χ3v) is 11.7. The van der Waals surface area contributed by atoms with Crippen LogP contribution in [0.4, 0.5) is 0 Å². The van der Waals surface area contributed by atoms with Crippen molar-refractivity contribution in [3.63, 3.8) is 0 Å². The number of aliphatic hydroxyl groups excluding tert-OH is 11. The van der Waals surface area contributed by atoms with E-state index >= 15 is 0 Å². The summed E-state index contributed by atoms with van der Waals surface area (Å²) in [6, 6.07) is 7.95. The van der Waals surface area contributed by atoms with Crippen LogP contribution in [0.2, 0.25) is 0 Å². The van der Waals surface area contributed by atoms with E-state index in [4.69, 9.17) is 32.8 Å². The Morgan fingerprint density at radius 2 is 1.25 bits per heavy atom. The van der Waals surface area contributed by atoms with Gasteiger partial charge in [-0.15, -0.1) is 0 Å². The van der Waals surface area contributed by atoms with Gasteiger partial charge in [0.25, 0.3) is 0 Å². The minimum Gasteiger partial charge on any atom is -0.506 e. The van der Waals surface area contributed by atoms with Crippen LogP contribution in [-0.4, -0.2) is 189 Å². The first-order valence-electron chi connectivity index (χ1n) is 20.4. The van der Waals surface area contributed by atoms with Gasteiger partial charge in [0.2, 0.25) is 6.29 Å². The summed E-state index contributed by atoms with van der Waals surface area (Å²) in [7, 11) is 1.28. The summed E-state index contributed by atoms with van der Waals surface area (Å²) in [5.74, 6) is -5.39. The number of aromatic hydroxyl groups is 4. The molecule has 15 N–H and O–H groups in total. The second-order valence-corrected chi connectivity index (χ2v) is 15.9. The highest BCUT2D eigenvalue weighted by atomic mass is 16.7. The van der Waals surface area contributed by atoms with E-state index in [1.54, 1.807) is 0 Å². The Balaban J connectivity index is 1.54. The summed E-state index contributed by atoms with van der Waals surface area (Å²) in [6.07, 6.45) is -29.2. The molecule has 0 saturated carbocycles. The lowest BCUT2D eigenvalue weighted by Gasteiger charge is -2.44. The van der Waals surface area contributed by atoms with E-state index in [1.807, 2.05) is 0 Å². The maximum atomic E-state index is 14.4. The number of methoxy groups -OCH3 is 1. The van der Waals surface area contributed by atoms with Crippen molar-refractivity contribution in [3.8, 4) is 45.8 Å². The minimum absolute atomic E-state index is 0.0228. The quantitative estimate of drug-likeness (QED) is 0.0377. The van der Waals surface area contributed by atoms with Gasteiger partial charge in [0.1, 0.15) is 102 Å². The van der Waals surface area contributed by atoms with Crippen molar-refractivity contribution < 1.29 is 114 Å². The molecule has 7 rings (SSSR count). The third-order valence-electron chi connectivity index (χ3n) is 11.7. The van der Waals surface area contributed by atoms with Crippen molar-refractivity contribution in [2.75, 3.05) is 26.9 Å².